The van der Waals surface area contributed by atoms with Gasteiger partial charge < -0.3 is 4.74 Å². The van der Waals surface area contributed by atoms with Crippen LogP contribution in [0.5, 0.6) is 0 Å². The van der Waals surface area contributed by atoms with Crippen molar-refractivity contribution in [3.05, 3.63) is 0 Å². The van der Waals surface area contributed by atoms with Crippen molar-refractivity contribution in [3.8, 4) is 0 Å². The van der Waals surface area contributed by atoms with Crippen LogP contribution in [0.15, 0.2) is 0 Å². The van der Waals surface area contributed by atoms with Crippen molar-refractivity contribution in [1.82, 2.24) is 0 Å². The maximum absolute atomic E-state index is 12.5. The van der Waals surface area contributed by atoms with Crippen molar-refractivity contribution in [2.45, 2.75) is 51.1 Å². The Bertz CT molecular complexity index is 209. The fourth-order valence-corrected chi connectivity index (χ4v) is 1.05. The van der Waals surface area contributed by atoms with E-state index >= 15 is 0 Å². The molecule has 0 aromatic rings. The topological polar surface area (TPSA) is 9.23 Å². The fourth-order valence-electron chi connectivity index (χ4n) is 1.05. The van der Waals surface area contributed by atoms with E-state index in [2.05, 4.69) is 4.74 Å². The highest BCUT2D eigenvalue weighted by Gasteiger charge is 2.53. The van der Waals surface area contributed by atoms with E-state index < -0.39 is 31.0 Å². The van der Waals surface area contributed by atoms with Crippen molar-refractivity contribution >= 4 is 0 Å². The SMILES string of the molecule is CCCCC(C)(OCC(F)(F)F)C(F)(F)F. The number of halogens is 6. The molecule has 0 amide bonds. The molecule has 0 aliphatic heterocycles. The smallest absolute Gasteiger partial charge is 0.356 e. The van der Waals surface area contributed by atoms with Crippen molar-refractivity contribution < 1.29 is 31.1 Å². The zero-order valence-corrected chi connectivity index (χ0v) is 9.00. The highest BCUT2D eigenvalue weighted by molar-refractivity contribution is 4.84. The highest BCUT2D eigenvalue weighted by Crippen LogP contribution is 2.38. The Morgan fingerprint density at radius 2 is 1.50 bits per heavy atom. The molecule has 0 fully saturated rings. The lowest BCUT2D eigenvalue weighted by Crippen LogP contribution is -2.46. The summed E-state index contributed by atoms with van der Waals surface area (Å²) in [5.74, 6) is 0. The molecule has 7 heteroatoms. The summed E-state index contributed by atoms with van der Waals surface area (Å²) in [6, 6.07) is 0. The van der Waals surface area contributed by atoms with Crippen molar-refractivity contribution in [2.24, 2.45) is 0 Å². The van der Waals surface area contributed by atoms with Gasteiger partial charge in [0.25, 0.3) is 0 Å². The number of unbranched alkanes of at least 4 members (excludes halogenated alkanes) is 1. The van der Waals surface area contributed by atoms with Gasteiger partial charge in [0.05, 0.1) is 0 Å². The van der Waals surface area contributed by atoms with Crippen molar-refractivity contribution in [2.75, 3.05) is 6.61 Å². The van der Waals surface area contributed by atoms with Gasteiger partial charge in [0, 0.05) is 0 Å². The summed E-state index contributed by atoms with van der Waals surface area (Å²) in [4.78, 5) is 0. The third kappa shape index (κ3) is 5.05. The van der Waals surface area contributed by atoms with Crippen LogP contribution in [0.4, 0.5) is 26.3 Å². The molecule has 0 saturated heterocycles. The number of rotatable bonds is 5. The minimum atomic E-state index is -4.80. The number of hydrogen-bond acceptors (Lipinski definition) is 1. The van der Waals surface area contributed by atoms with Crippen molar-refractivity contribution in [3.63, 3.8) is 0 Å². The molecule has 0 spiro atoms. The van der Waals surface area contributed by atoms with Gasteiger partial charge in [-0.15, -0.1) is 0 Å². The van der Waals surface area contributed by atoms with E-state index in [1.54, 1.807) is 6.92 Å². The van der Waals surface area contributed by atoms with Crippen LogP contribution in [0, 0.1) is 0 Å². The van der Waals surface area contributed by atoms with Crippen LogP contribution in [0.25, 0.3) is 0 Å². The predicted molar refractivity (Wildman–Crippen MR) is 46.0 cm³/mol. The Kier molecular flexibility index (Phi) is 5.10. The predicted octanol–water partition coefficient (Wildman–Crippen LogP) is 4.08. The number of ether oxygens (including phenoxy) is 1. The van der Waals surface area contributed by atoms with Gasteiger partial charge in [0.15, 0.2) is 5.60 Å². The molecule has 0 aromatic heterocycles. The molecular weight excluding hydrogens is 238 g/mol. The second-order valence-corrected chi connectivity index (χ2v) is 3.74. The first-order valence-electron chi connectivity index (χ1n) is 4.79. The van der Waals surface area contributed by atoms with Crippen LogP contribution in [-0.2, 0) is 4.74 Å². The van der Waals surface area contributed by atoms with E-state index in [1.165, 1.54) is 0 Å². The van der Waals surface area contributed by atoms with Crippen LogP contribution in [0.3, 0.4) is 0 Å². The molecule has 1 unspecified atom stereocenters. The first-order valence-corrected chi connectivity index (χ1v) is 4.79. The van der Waals surface area contributed by atoms with Gasteiger partial charge in [0.2, 0.25) is 0 Å². The Morgan fingerprint density at radius 3 is 1.81 bits per heavy atom. The largest absolute Gasteiger partial charge is 0.417 e. The molecule has 0 N–H and O–H groups in total. The highest BCUT2D eigenvalue weighted by atomic mass is 19.4. The van der Waals surface area contributed by atoms with Gasteiger partial charge in [0.1, 0.15) is 6.61 Å². The molecule has 16 heavy (non-hydrogen) atoms. The van der Waals surface area contributed by atoms with E-state index in [9.17, 15) is 26.3 Å². The maximum atomic E-state index is 12.5. The average molecular weight is 252 g/mol. The van der Waals surface area contributed by atoms with E-state index in [0.717, 1.165) is 0 Å². The quantitative estimate of drug-likeness (QED) is 0.670. The minimum Gasteiger partial charge on any atom is -0.356 e. The summed E-state index contributed by atoms with van der Waals surface area (Å²) in [7, 11) is 0. The van der Waals surface area contributed by atoms with Crippen LogP contribution >= 0.6 is 0 Å². The molecule has 0 aliphatic carbocycles. The van der Waals surface area contributed by atoms with Gasteiger partial charge in [-0.1, -0.05) is 19.8 Å². The summed E-state index contributed by atoms with van der Waals surface area (Å²) < 4.78 is 77.0. The monoisotopic (exact) mass is 252 g/mol. The lowest BCUT2D eigenvalue weighted by molar-refractivity contribution is -0.299. The molecule has 0 aromatic carbocycles. The Morgan fingerprint density at radius 1 is 1.00 bits per heavy atom. The zero-order valence-electron chi connectivity index (χ0n) is 9.00. The molecular formula is C9H14F6O. The third-order valence-electron chi connectivity index (χ3n) is 2.16. The van der Waals surface area contributed by atoms with E-state index in [-0.39, 0.29) is 6.42 Å². The lowest BCUT2D eigenvalue weighted by Gasteiger charge is -2.32. The second kappa shape index (κ2) is 5.25. The van der Waals surface area contributed by atoms with Gasteiger partial charge in [-0.25, -0.2) is 0 Å². The van der Waals surface area contributed by atoms with Crippen LogP contribution in [0.1, 0.15) is 33.1 Å². The Labute approximate surface area is 89.8 Å². The summed E-state index contributed by atoms with van der Waals surface area (Å²) in [5, 5.41) is 0. The van der Waals surface area contributed by atoms with Crippen LogP contribution < -0.4 is 0 Å². The number of hydrogen-bond donors (Lipinski definition) is 0. The van der Waals surface area contributed by atoms with Gasteiger partial charge in [-0.05, 0) is 13.3 Å². The van der Waals surface area contributed by atoms with E-state index in [0.29, 0.717) is 13.3 Å². The molecule has 0 heterocycles. The van der Waals surface area contributed by atoms with Crippen molar-refractivity contribution in [1.29, 1.82) is 0 Å². The molecule has 0 radical (unpaired) electrons. The summed E-state index contributed by atoms with van der Waals surface area (Å²) in [5.41, 5.74) is -2.72. The summed E-state index contributed by atoms with van der Waals surface area (Å²) >= 11 is 0. The first kappa shape index (κ1) is 15.5. The second-order valence-electron chi connectivity index (χ2n) is 3.74. The van der Waals surface area contributed by atoms with Gasteiger partial charge >= 0.3 is 12.4 Å². The molecule has 0 bridgehead atoms. The molecule has 1 atom stereocenters. The Balaban J connectivity index is 4.55. The molecule has 0 rings (SSSR count). The van der Waals surface area contributed by atoms with Gasteiger partial charge in [-0.2, -0.15) is 26.3 Å². The first-order chi connectivity index (χ1) is 7.02. The lowest BCUT2D eigenvalue weighted by atomic mass is 9.98. The van der Waals surface area contributed by atoms with Gasteiger partial charge in [-0.3, -0.25) is 0 Å². The van der Waals surface area contributed by atoms with E-state index in [4.69, 9.17) is 0 Å². The van der Waals surface area contributed by atoms with E-state index in [1.807, 2.05) is 0 Å². The Hall–Kier alpha value is -0.460. The third-order valence-corrected chi connectivity index (χ3v) is 2.16. The minimum absolute atomic E-state index is 0.161. The maximum Gasteiger partial charge on any atom is 0.417 e. The normalized spacial score (nSPS) is 17.2. The standard InChI is InChI=1S/C9H14F6O/c1-3-4-5-7(2,9(13,14)15)16-6-8(10,11)12/h3-6H2,1-2H3. The van der Waals surface area contributed by atoms with Crippen LogP contribution in [-0.4, -0.2) is 24.6 Å². The van der Waals surface area contributed by atoms with Crippen LogP contribution in [0.2, 0.25) is 0 Å². The molecule has 0 aliphatic rings. The fraction of sp³-hybridized carbons (Fsp3) is 1.00. The summed E-state index contributed by atoms with van der Waals surface area (Å²) in [6.07, 6.45) is -9.40. The molecule has 0 saturated carbocycles. The zero-order chi connectivity index (χ0) is 13.0. The molecule has 1 nitrogen and oxygen atoms in total. The average Bonchev–Trinajstić information content (AvgIpc) is 2.08. The molecule has 98 valence electrons. The summed E-state index contributed by atoms with van der Waals surface area (Å²) in [6.45, 7) is 0.418. The number of alkyl halides is 6.